The zero-order valence-electron chi connectivity index (χ0n) is 12.0. The van der Waals surface area contributed by atoms with Crippen molar-refractivity contribution in [3.05, 3.63) is 71.0 Å². The monoisotopic (exact) mass is 301 g/mol. The quantitative estimate of drug-likeness (QED) is 0.892. The Bertz CT molecular complexity index is 700. The Morgan fingerprint density at radius 2 is 1.91 bits per heavy atom. The number of nitrogens with one attached hydrogen (secondary N) is 1. The highest BCUT2D eigenvalue weighted by Gasteiger charge is 2.18. The van der Waals surface area contributed by atoms with Gasteiger partial charge in [-0.05, 0) is 36.2 Å². The topological polar surface area (TPSA) is 66.4 Å². The fourth-order valence-corrected chi connectivity index (χ4v) is 2.12. The van der Waals surface area contributed by atoms with E-state index in [0.717, 1.165) is 0 Å². The van der Waals surface area contributed by atoms with E-state index in [1.807, 2.05) is 0 Å². The molecule has 0 aliphatic rings. The number of carboxylic acid groups (broad SMARTS) is 1. The van der Waals surface area contributed by atoms with Crippen LogP contribution in [0, 0.1) is 5.82 Å². The van der Waals surface area contributed by atoms with Gasteiger partial charge in [-0.1, -0.05) is 30.3 Å². The second-order valence-corrected chi connectivity index (χ2v) is 4.97. The number of carbonyl (C=O) groups is 2. The number of amides is 1. The first-order valence-corrected chi connectivity index (χ1v) is 6.83. The highest BCUT2D eigenvalue weighted by atomic mass is 19.1. The maximum Gasteiger partial charge on any atom is 0.335 e. The molecule has 2 rings (SSSR count). The van der Waals surface area contributed by atoms with Crippen LogP contribution in [-0.4, -0.2) is 17.0 Å². The minimum Gasteiger partial charge on any atom is -0.478 e. The smallest absolute Gasteiger partial charge is 0.335 e. The number of aromatic carboxylic acids is 1. The lowest BCUT2D eigenvalue weighted by Crippen LogP contribution is -2.28. The maximum atomic E-state index is 13.7. The molecule has 22 heavy (non-hydrogen) atoms. The molecule has 0 bridgehead atoms. The van der Waals surface area contributed by atoms with Crippen LogP contribution in [0.5, 0.6) is 0 Å². The number of hydrogen-bond acceptors (Lipinski definition) is 2. The number of hydrogen-bond donors (Lipinski definition) is 2. The number of carbonyl (C=O) groups excluding carboxylic acids is 1. The van der Waals surface area contributed by atoms with Gasteiger partial charge in [-0.3, -0.25) is 4.79 Å². The first-order valence-electron chi connectivity index (χ1n) is 6.83. The second kappa shape index (κ2) is 6.85. The highest BCUT2D eigenvalue weighted by Crippen LogP contribution is 2.18. The fraction of sp³-hybridized carbons (Fsp3) is 0.176. The number of rotatable bonds is 5. The molecule has 0 aromatic heterocycles. The van der Waals surface area contributed by atoms with Gasteiger partial charge in [-0.2, -0.15) is 0 Å². The molecular weight excluding hydrogens is 285 g/mol. The van der Waals surface area contributed by atoms with E-state index < -0.39 is 17.7 Å². The molecule has 0 unspecified atom stereocenters. The molecular formula is C17H16FNO3. The largest absolute Gasteiger partial charge is 0.478 e. The van der Waals surface area contributed by atoms with Crippen molar-refractivity contribution < 1.29 is 19.1 Å². The van der Waals surface area contributed by atoms with Gasteiger partial charge < -0.3 is 10.4 Å². The summed E-state index contributed by atoms with van der Waals surface area (Å²) in [6.07, 6.45) is 0. The molecule has 0 saturated heterocycles. The highest BCUT2D eigenvalue weighted by molar-refractivity contribution is 5.87. The Morgan fingerprint density at radius 1 is 1.18 bits per heavy atom. The van der Waals surface area contributed by atoms with Crippen molar-refractivity contribution in [2.45, 2.75) is 19.4 Å². The molecule has 0 aliphatic heterocycles. The van der Waals surface area contributed by atoms with Crippen molar-refractivity contribution in [2.24, 2.45) is 0 Å². The second-order valence-electron chi connectivity index (χ2n) is 4.97. The van der Waals surface area contributed by atoms with Gasteiger partial charge in [-0.15, -0.1) is 0 Å². The van der Waals surface area contributed by atoms with Gasteiger partial charge in [0.15, 0.2) is 0 Å². The Kier molecular flexibility index (Phi) is 4.88. The summed E-state index contributed by atoms with van der Waals surface area (Å²) >= 11 is 0. The summed E-state index contributed by atoms with van der Waals surface area (Å²) in [6.45, 7) is 1.82. The van der Waals surface area contributed by atoms with Gasteiger partial charge >= 0.3 is 5.97 Å². The predicted molar refractivity (Wildman–Crippen MR) is 80.1 cm³/mol. The zero-order chi connectivity index (χ0) is 16.1. The lowest BCUT2D eigenvalue weighted by Gasteiger charge is -2.13. The van der Waals surface area contributed by atoms with Gasteiger partial charge in [0.25, 0.3) is 0 Å². The third kappa shape index (κ3) is 3.69. The first kappa shape index (κ1) is 15.7. The molecule has 114 valence electrons. The zero-order valence-corrected chi connectivity index (χ0v) is 12.0. The van der Waals surface area contributed by atoms with E-state index in [0.29, 0.717) is 11.1 Å². The van der Waals surface area contributed by atoms with E-state index in [9.17, 15) is 14.0 Å². The standard InChI is InChI=1S/C17H16FNO3/c1-11(14-7-2-3-8-15(14)18)16(20)19-10-12-5-4-6-13(9-12)17(21)22/h2-9,11H,10H2,1H3,(H,19,20)(H,21,22)/t11-/m0/s1. The van der Waals surface area contributed by atoms with E-state index >= 15 is 0 Å². The van der Waals surface area contributed by atoms with Crippen LogP contribution in [0.3, 0.4) is 0 Å². The van der Waals surface area contributed by atoms with Crippen LogP contribution in [0.25, 0.3) is 0 Å². The predicted octanol–water partition coefficient (Wildman–Crippen LogP) is 2.94. The summed E-state index contributed by atoms with van der Waals surface area (Å²) in [7, 11) is 0. The van der Waals surface area contributed by atoms with Crippen molar-refractivity contribution in [1.29, 1.82) is 0 Å². The summed E-state index contributed by atoms with van der Waals surface area (Å²) < 4.78 is 13.7. The van der Waals surface area contributed by atoms with E-state index in [-0.39, 0.29) is 18.0 Å². The molecule has 4 nitrogen and oxygen atoms in total. The Balaban J connectivity index is 2.02. The average molecular weight is 301 g/mol. The lowest BCUT2D eigenvalue weighted by molar-refractivity contribution is -0.122. The molecule has 0 fully saturated rings. The fourth-order valence-electron chi connectivity index (χ4n) is 2.12. The van der Waals surface area contributed by atoms with Crippen LogP contribution in [0.1, 0.15) is 34.3 Å². The third-order valence-corrected chi connectivity index (χ3v) is 3.41. The van der Waals surface area contributed by atoms with Crippen LogP contribution in [0.2, 0.25) is 0 Å². The van der Waals surface area contributed by atoms with E-state index in [4.69, 9.17) is 5.11 Å². The Hall–Kier alpha value is -2.69. The van der Waals surface area contributed by atoms with Crippen LogP contribution in [0.4, 0.5) is 4.39 Å². The average Bonchev–Trinajstić information content (AvgIpc) is 2.52. The Labute approximate surface area is 127 Å². The molecule has 1 amide bonds. The lowest BCUT2D eigenvalue weighted by atomic mass is 9.99. The van der Waals surface area contributed by atoms with Crippen LogP contribution >= 0.6 is 0 Å². The number of halogens is 1. The van der Waals surface area contributed by atoms with E-state index in [1.54, 1.807) is 37.3 Å². The number of benzene rings is 2. The van der Waals surface area contributed by atoms with E-state index in [2.05, 4.69) is 5.32 Å². The molecule has 5 heteroatoms. The van der Waals surface area contributed by atoms with Crippen molar-refractivity contribution >= 4 is 11.9 Å². The molecule has 2 aromatic carbocycles. The molecule has 0 aliphatic carbocycles. The summed E-state index contributed by atoms with van der Waals surface area (Å²) in [6, 6.07) is 12.5. The third-order valence-electron chi connectivity index (χ3n) is 3.41. The summed E-state index contributed by atoms with van der Waals surface area (Å²) in [4.78, 5) is 23.0. The first-order chi connectivity index (χ1) is 10.5. The normalized spacial score (nSPS) is 11.7. The molecule has 0 spiro atoms. The Morgan fingerprint density at radius 3 is 2.59 bits per heavy atom. The van der Waals surface area contributed by atoms with Gasteiger partial charge in [-0.25, -0.2) is 9.18 Å². The molecule has 0 heterocycles. The van der Waals surface area contributed by atoms with Gasteiger partial charge in [0.05, 0.1) is 11.5 Å². The molecule has 1 atom stereocenters. The molecule has 0 radical (unpaired) electrons. The van der Waals surface area contributed by atoms with Crippen molar-refractivity contribution in [1.82, 2.24) is 5.32 Å². The van der Waals surface area contributed by atoms with Gasteiger partial charge in [0.1, 0.15) is 5.82 Å². The maximum absolute atomic E-state index is 13.7. The molecule has 2 N–H and O–H groups in total. The van der Waals surface area contributed by atoms with Crippen LogP contribution < -0.4 is 5.32 Å². The summed E-state index contributed by atoms with van der Waals surface area (Å²) in [5.74, 6) is -2.37. The molecule has 2 aromatic rings. The minimum atomic E-state index is -1.02. The van der Waals surface area contributed by atoms with Crippen LogP contribution in [0.15, 0.2) is 48.5 Å². The summed E-state index contributed by atoms with van der Waals surface area (Å²) in [5, 5.41) is 11.6. The molecule has 0 saturated carbocycles. The minimum absolute atomic E-state index is 0.161. The van der Waals surface area contributed by atoms with Gasteiger partial charge in [0.2, 0.25) is 5.91 Å². The summed E-state index contributed by atoms with van der Waals surface area (Å²) in [5.41, 5.74) is 1.17. The van der Waals surface area contributed by atoms with E-state index in [1.165, 1.54) is 18.2 Å². The van der Waals surface area contributed by atoms with Crippen LogP contribution in [-0.2, 0) is 11.3 Å². The van der Waals surface area contributed by atoms with Crippen molar-refractivity contribution in [3.8, 4) is 0 Å². The SMILES string of the molecule is C[C@H](C(=O)NCc1cccc(C(=O)O)c1)c1ccccc1F. The number of carboxylic acids is 1. The van der Waals surface area contributed by atoms with Crippen molar-refractivity contribution in [3.63, 3.8) is 0 Å². The van der Waals surface area contributed by atoms with Crippen molar-refractivity contribution in [2.75, 3.05) is 0 Å². The van der Waals surface area contributed by atoms with Gasteiger partial charge in [0, 0.05) is 6.54 Å².